The molecule has 0 aliphatic carbocycles. The normalized spacial score (nSPS) is 20.4. The monoisotopic (exact) mass is 311 g/mol. The molecule has 0 aromatic heterocycles. The zero-order valence-corrected chi connectivity index (χ0v) is 12.6. The average Bonchev–Trinajstić information content (AvgIpc) is 2.43. The molecule has 1 aliphatic heterocycles. The van der Waals surface area contributed by atoms with Gasteiger partial charge in [-0.05, 0) is 30.4 Å². The highest BCUT2D eigenvalue weighted by Gasteiger charge is 2.20. The summed E-state index contributed by atoms with van der Waals surface area (Å²) in [6.07, 6.45) is 3.61. The third-order valence-corrected chi connectivity index (χ3v) is 4.09. The van der Waals surface area contributed by atoms with Gasteiger partial charge in [-0.25, -0.2) is 0 Å². The van der Waals surface area contributed by atoms with Gasteiger partial charge in [0.15, 0.2) is 0 Å². The molecule has 1 aromatic rings. The van der Waals surface area contributed by atoms with Gasteiger partial charge in [-0.3, -0.25) is 0 Å². The lowest BCUT2D eigenvalue weighted by atomic mass is 9.97. The molecule has 100 valence electrons. The van der Waals surface area contributed by atoms with Crippen molar-refractivity contribution in [2.45, 2.75) is 38.3 Å². The molecular formula is C15H22BrNO. The van der Waals surface area contributed by atoms with Crippen molar-refractivity contribution in [3.8, 4) is 0 Å². The van der Waals surface area contributed by atoms with Crippen LogP contribution in [0.2, 0.25) is 0 Å². The van der Waals surface area contributed by atoms with Crippen LogP contribution in [0.1, 0.15) is 37.0 Å². The number of rotatable bonds is 6. The minimum atomic E-state index is 0.222. The van der Waals surface area contributed by atoms with Crippen molar-refractivity contribution in [3.63, 3.8) is 0 Å². The fraction of sp³-hybridized carbons (Fsp3) is 0.600. The van der Waals surface area contributed by atoms with E-state index in [4.69, 9.17) is 4.74 Å². The van der Waals surface area contributed by atoms with Crippen molar-refractivity contribution in [1.82, 2.24) is 5.32 Å². The first kappa shape index (κ1) is 14.0. The van der Waals surface area contributed by atoms with E-state index in [-0.39, 0.29) is 6.10 Å². The maximum absolute atomic E-state index is 5.90. The SMILES string of the molecule is CCC(CCBr)NCC1OCCc2ccccc21. The Morgan fingerprint density at radius 2 is 2.28 bits per heavy atom. The number of ether oxygens (including phenoxy) is 1. The fourth-order valence-corrected chi connectivity index (χ4v) is 3.05. The van der Waals surface area contributed by atoms with E-state index < -0.39 is 0 Å². The summed E-state index contributed by atoms with van der Waals surface area (Å²) in [5, 5.41) is 4.68. The third kappa shape index (κ3) is 3.56. The zero-order valence-electron chi connectivity index (χ0n) is 11.0. The van der Waals surface area contributed by atoms with E-state index in [9.17, 15) is 0 Å². The molecule has 1 aliphatic rings. The molecule has 2 nitrogen and oxygen atoms in total. The molecule has 1 heterocycles. The molecule has 0 spiro atoms. The van der Waals surface area contributed by atoms with Gasteiger partial charge in [0.05, 0.1) is 12.7 Å². The molecule has 0 bridgehead atoms. The van der Waals surface area contributed by atoms with E-state index in [1.54, 1.807) is 0 Å². The number of nitrogens with one attached hydrogen (secondary N) is 1. The number of hydrogen-bond donors (Lipinski definition) is 1. The van der Waals surface area contributed by atoms with Gasteiger partial charge in [0.2, 0.25) is 0 Å². The highest BCUT2D eigenvalue weighted by Crippen LogP contribution is 2.26. The lowest BCUT2D eigenvalue weighted by Crippen LogP contribution is -2.35. The molecule has 2 unspecified atom stereocenters. The Balaban J connectivity index is 1.94. The molecule has 0 fully saturated rings. The minimum absolute atomic E-state index is 0.222. The van der Waals surface area contributed by atoms with Crippen molar-refractivity contribution >= 4 is 15.9 Å². The van der Waals surface area contributed by atoms with E-state index in [0.29, 0.717) is 6.04 Å². The molecule has 18 heavy (non-hydrogen) atoms. The van der Waals surface area contributed by atoms with Gasteiger partial charge in [0, 0.05) is 17.9 Å². The predicted octanol–water partition coefficient (Wildman–Crippen LogP) is 3.45. The first-order valence-electron chi connectivity index (χ1n) is 6.84. The Kier molecular flexibility index (Phi) is 5.67. The Hall–Kier alpha value is -0.380. The van der Waals surface area contributed by atoms with Crippen LogP contribution in [-0.2, 0) is 11.2 Å². The minimum Gasteiger partial charge on any atom is -0.372 e. The van der Waals surface area contributed by atoms with Crippen LogP contribution in [0.3, 0.4) is 0 Å². The van der Waals surface area contributed by atoms with Crippen molar-refractivity contribution in [2.24, 2.45) is 0 Å². The van der Waals surface area contributed by atoms with Crippen LogP contribution >= 0.6 is 15.9 Å². The number of alkyl halides is 1. The van der Waals surface area contributed by atoms with Crippen LogP contribution in [0.25, 0.3) is 0 Å². The van der Waals surface area contributed by atoms with Crippen LogP contribution in [-0.4, -0.2) is 24.5 Å². The quantitative estimate of drug-likeness (QED) is 0.812. The highest BCUT2D eigenvalue weighted by molar-refractivity contribution is 9.09. The molecular weight excluding hydrogens is 290 g/mol. The second-order valence-corrected chi connectivity index (χ2v) is 5.59. The molecule has 2 rings (SSSR count). The average molecular weight is 312 g/mol. The molecule has 0 radical (unpaired) electrons. The highest BCUT2D eigenvalue weighted by atomic mass is 79.9. The third-order valence-electron chi connectivity index (χ3n) is 3.63. The number of halogens is 1. The van der Waals surface area contributed by atoms with Gasteiger partial charge in [-0.15, -0.1) is 0 Å². The number of fused-ring (bicyclic) bond motifs is 1. The van der Waals surface area contributed by atoms with Crippen LogP contribution in [0.15, 0.2) is 24.3 Å². The van der Waals surface area contributed by atoms with Gasteiger partial charge < -0.3 is 10.1 Å². The lowest BCUT2D eigenvalue weighted by Gasteiger charge is -2.28. The van der Waals surface area contributed by atoms with Gasteiger partial charge >= 0.3 is 0 Å². The standard InChI is InChI=1S/C15H22BrNO/c1-2-13(7-9-16)17-11-15-14-6-4-3-5-12(14)8-10-18-15/h3-6,13,15,17H,2,7-11H2,1H3. The van der Waals surface area contributed by atoms with Gasteiger partial charge in [0.25, 0.3) is 0 Å². The first-order valence-corrected chi connectivity index (χ1v) is 7.96. The molecule has 3 heteroatoms. The maximum Gasteiger partial charge on any atom is 0.0952 e. The summed E-state index contributed by atoms with van der Waals surface area (Å²) in [6, 6.07) is 9.24. The van der Waals surface area contributed by atoms with Crippen LogP contribution in [0.5, 0.6) is 0 Å². The van der Waals surface area contributed by atoms with Crippen molar-refractivity contribution in [2.75, 3.05) is 18.5 Å². The topological polar surface area (TPSA) is 21.3 Å². The van der Waals surface area contributed by atoms with Crippen LogP contribution < -0.4 is 5.32 Å². The summed E-state index contributed by atoms with van der Waals surface area (Å²) in [4.78, 5) is 0. The maximum atomic E-state index is 5.90. The summed E-state index contributed by atoms with van der Waals surface area (Å²) in [5.41, 5.74) is 2.81. The van der Waals surface area contributed by atoms with Crippen LogP contribution in [0, 0.1) is 0 Å². The molecule has 0 saturated carbocycles. The summed E-state index contributed by atoms with van der Waals surface area (Å²) in [6.45, 7) is 4.00. The van der Waals surface area contributed by atoms with Gasteiger partial charge in [0.1, 0.15) is 0 Å². The first-order chi connectivity index (χ1) is 8.85. The molecule has 1 aromatic carbocycles. The number of hydrogen-bond acceptors (Lipinski definition) is 2. The second-order valence-electron chi connectivity index (χ2n) is 4.80. The lowest BCUT2D eigenvalue weighted by molar-refractivity contribution is 0.0405. The van der Waals surface area contributed by atoms with E-state index >= 15 is 0 Å². The Bertz CT molecular complexity index is 369. The van der Waals surface area contributed by atoms with E-state index in [1.807, 2.05) is 0 Å². The van der Waals surface area contributed by atoms with E-state index in [2.05, 4.69) is 52.4 Å². The van der Waals surface area contributed by atoms with Crippen molar-refractivity contribution in [3.05, 3.63) is 35.4 Å². The molecule has 0 amide bonds. The molecule has 1 N–H and O–H groups in total. The fourth-order valence-electron chi connectivity index (χ4n) is 2.50. The zero-order chi connectivity index (χ0) is 12.8. The van der Waals surface area contributed by atoms with Crippen LogP contribution in [0.4, 0.5) is 0 Å². The summed E-state index contributed by atoms with van der Waals surface area (Å²) >= 11 is 3.51. The largest absolute Gasteiger partial charge is 0.372 e. The van der Waals surface area contributed by atoms with E-state index in [1.165, 1.54) is 24.0 Å². The van der Waals surface area contributed by atoms with E-state index in [0.717, 1.165) is 24.9 Å². The number of benzene rings is 1. The molecule has 0 saturated heterocycles. The second kappa shape index (κ2) is 7.27. The Morgan fingerprint density at radius 1 is 1.44 bits per heavy atom. The van der Waals surface area contributed by atoms with Crippen molar-refractivity contribution < 1.29 is 4.74 Å². The summed E-state index contributed by atoms with van der Waals surface area (Å²) < 4.78 is 5.90. The Labute approximate surface area is 118 Å². The Morgan fingerprint density at radius 3 is 3.06 bits per heavy atom. The van der Waals surface area contributed by atoms with Crippen molar-refractivity contribution in [1.29, 1.82) is 0 Å². The van der Waals surface area contributed by atoms with Gasteiger partial charge in [-0.1, -0.05) is 47.1 Å². The van der Waals surface area contributed by atoms with Gasteiger partial charge in [-0.2, -0.15) is 0 Å². The molecule has 2 atom stereocenters. The predicted molar refractivity (Wildman–Crippen MR) is 79.3 cm³/mol. The summed E-state index contributed by atoms with van der Waals surface area (Å²) in [5.74, 6) is 0. The summed E-state index contributed by atoms with van der Waals surface area (Å²) in [7, 11) is 0. The smallest absolute Gasteiger partial charge is 0.0952 e.